The minimum absolute atomic E-state index is 0.0293. The Hall–Kier alpha value is -5.45. The van der Waals surface area contributed by atoms with Gasteiger partial charge in [-0.3, -0.25) is 9.78 Å². The molecule has 1 saturated carbocycles. The number of rotatable bonds is 9. The number of benzene rings is 2. The lowest BCUT2D eigenvalue weighted by Gasteiger charge is -2.33. The highest BCUT2D eigenvalue weighted by Crippen LogP contribution is 2.36. The van der Waals surface area contributed by atoms with Gasteiger partial charge in [0.15, 0.2) is 0 Å². The Morgan fingerprint density at radius 1 is 1.04 bits per heavy atom. The lowest BCUT2D eigenvalue weighted by Crippen LogP contribution is -2.49. The number of hydrogen-bond acceptors (Lipinski definition) is 7. The van der Waals surface area contributed by atoms with Crippen LogP contribution in [0.25, 0.3) is 38.8 Å². The predicted octanol–water partition coefficient (Wildman–Crippen LogP) is 6.85. The van der Waals surface area contributed by atoms with Gasteiger partial charge in [-0.25, -0.2) is 14.6 Å². The molecule has 11 nitrogen and oxygen atoms in total. The maximum Gasteiger partial charge on any atom is 0.408 e. The third kappa shape index (κ3) is 7.20. The van der Waals surface area contributed by atoms with Gasteiger partial charge in [-0.2, -0.15) is 0 Å². The quantitative estimate of drug-likeness (QED) is 0.133. The summed E-state index contributed by atoms with van der Waals surface area (Å²) in [6, 6.07) is 16.6. The van der Waals surface area contributed by atoms with Crippen molar-refractivity contribution in [1.29, 1.82) is 0 Å². The Kier molecular flexibility index (Phi) is 9.27. The molecule has 1 aliphatic rings. The van der Waals surface area contributed by atoms with Crippen molar-refractivity contribution in [1.82, 2.24) is 19.9 Å². The van der Waals surface area contributed by atoms with E-state index >= 15 is 0 Å². The SMILES string of the molecule is CCc1cn(-c2ccc(C(N)=O)c(NC3CCC(C(NC(=O)OC(C)(C)C)C(=O)O)CC3)c2)c2nccc(-c3cnc4ccccc4c3)c12. The molecule has 49 heavy (non-hydrogen) atoms. The Labute approximate surface area is 284 Å². The maximum absolute atomic E-state index is 12.5. The van der Waals surface area contributed by atoms with E-state index in [-0.39, 0.29) is 12.0 Å². The average Bonchev–Trinajstić information content (AvgIpc) is 3.45. The first-order valence-corrected chi connectivity index (χ1v) is 16.7. The van der Waals surface area contributed by atoms with Crippen LogP contribution in [0.2, 0.25) is 0 Å². The van der Waals surface area contributed by atoms with Gasteiger partial charge < -0.3 is 30.8 Å². The van der Waals surface area contributed by atoms with E-state index in [9.17, 15) is 19.5 Å². The van der Waals surface area contributed by atoms with Crippen LogP contribution in [-0.4, -0.2) is 55.3 Å². The first-order valence-electron chi connectivity index (χ1n) is 16.7. The molecule has 1 fully saturated rings. The number of carboxylic acids is 1. The summed E-state index contributed by atoms with van der Waals surface area (Å²) >= 11 is 0. The smallest absolute Gasteiger partial charge is 0.408 e. The van der Waals surface area contributed by atoms with Crippen LogP contribution < -0.4 is 16.4 Å². The van der Waals surface area contributed by atoms with Crippen LogP contribution in [0.15, 0.2) is 73.2 Å². The zero-order chi connectivity index (χ0) is 34.9. The number of carboxylic acid groups (broad SMARTS) is 1. The number of aromatic nitrogens is 3. The number of nitrogens with zero attached hydrogens (tertiary/aromatic N) is 3. The summed E-state index contributed by atoms with van der Waals surface area (Å²) in [7, 11) is 0. The van der Waals surface area contributed by atoms with Gasteiger partial charge in [0.05, 0.1) is 11.1 Å². The highest BCUT2D eigenvalue weighted by Gasteiger charge is 2.34. The number of carbonyl (C=O) groups excluding carboxylic acids is 2. The van der Waals surface area contributed by atoms with Crippen molar-refractivity contribution in [2.24, 2.45) is 11.7 Å². The molecular formula is C38H42N6O5. The molecule has 1 aliphatic carbocycles. The third-order valence-corrected chi connectivity index (χ3v) is 9.14. The van der Waals surface area contributed by atoms with E-state index in [2.05, 4.69) is 35.9 Å². The Bertz CT molecular complexity index is 2040. The highest BCUT2D eigenvalue weighted by atomic mass is 16.6. The van der Waals surface area contributed by atoms with Crippen LogP contribution in [0.3, 0.4) is 0 Å². The molecule has 2 amide bonds. The van der Waals surface area contributed by atoms with Crippen molar-refractivity contribution in [3.63, 3.8) is 0 Å². The van der Waals surface area contributed by atoms with Crippen LogP contribution in [0.1, 0.15) is 69.3 Å². The Morgan fingerprint density at radius 2 is 1.80 bits per heavy atom. The van der Waals surface area contributed by atoms with E-state index in [1.807, 2.05) is 47.2 Å². The molecule has 1 atom stereocenters. The molecule has 0 radical (unpaired) electrons. The Balaban J connectivity index is 1.26. The van der Waals surface area contributed by atoms with Crippen LogP contribution in [-0.2, 0) is 16.0 Å². The number of nitrogens with two attached hydrogens (primary N) is 1. The van der Waals surface area contributed by atoms with E-state index in [1.54, 1.807) is 33.0 Å². The number of pyridine rings is 2. The van der Waals surface area contributed by atoms with Gasteiger partial charge in [-0.05, 0) is 106 Å². The Morgan fingerprint density at radius 3 is 2.49 bits per heavy atom. The van der Waals surface area contributed by atoms with Gasteiger partial charge >= 0.3 is 12.1 Å². The largest absolute Gasteiger partial charge is 0.480 e. The topological polar surface area (TPSA) is 161 Å². The molecule has 1 unspecified atom stereocenters. The van der Waals surface area contributed by atoms with E-state index < -0.39 is 29.6 Å². The fourth-order valence-electron chi connectivity index (χ4n) is 6.80. The number of nitrogens with one attached hydrogen (secondary N) is 2. The normalized spacial score (nSPS) is 17.1. The average molecular weight is 663 g/mol. The fourth-order valence-corrected chi connectivity index (χ4v) is 6.80. The number of anilines is 1. The molecule has 0 bridgehead atoms. The predicted molar refractivity (Wildman–Crippen MR) is 190 cm³/mol. The molecule has 254 valence electrons. The summed E-state index contributed by atoms with van der Waals surface area (Å²) < 4.78 is 7.33. The molecule has 0 saturated heterocycles. The zero-order valence-electron chi connectivity index (χ0n) is 28.2. The van der Waals surface area contributed by atoms with Crippen molar-refractivity contribution >= 4 is 45.6 Å². The van der Waals surface area contributed by atoms with Gasteiger partial charge in [-0.1, -0.05) is 25.1 Å². The molecule has 5 aromatic rings. The van der Waals surface area contributed by atoms with Gasteiger partial charge in [-0.15, -0.1) is 0 Å². The summed E-state index contributed by atoms with van der Waals surface area (Å²) in [6.07, 6.45) is 8.25. The number of hydrogen-bond donors (Lipinski definition) is 4. The van der Waals surface area contributed by atoms with Crippen LogP contribution in [0.5, 0.6) is 0 Å². The first-order chi connectivity index (χ1) is 23.4. The summed E-state index contributed by atoms with van der Waals surface area (Å²) in [4.78, 5) is 46.5. The molecule has 3 aromatic heterocycles. The zero-order valence-corrected chi connectivity index (χ0v) is 28.2. The van der Waals surface area contributed by atoms with Gasteiger partial charge in [0.25, 0.3) is 5.91 Å². The second kappa shape index (κ2) is 13.6. The summed E-state index contributed by atoms with van der Waals surface area (Å²) in [5.41, 5.74) is 11.8. The highest BCUT2D eigenvalue weighted by molar-refractivity contribution is 6.00. The van der Waals surface area contributed by atoms with Crippen molar-refractivity contribution in [3.05, 3.63) is 84.3 Å². The molecule has 0 aliphatic heterocycles. The van der Waals surface area contributed by atoms with Gasteiger partial charge in [0.2, 0.25) is 0 Å². The molecular weight excluding hydrogens is 620 g/mol. The first kappa shape index (κ1) is 33.5. The number of fused-ring (bicyclic) bond motifs is 2. The van der Waals surface area contributed by atoms with Crippen molar-refractivity contribution in [2.75, 3.05) is 5.32 Å². The second-order valence-corrected chi connectivity index (χ2v) is 13.7. The van der Waals surface area contributed by atoms with Crippen molar-refractivity contribution < 1.29 is 24.2 Å². The number of aryl methyl sites for hydroxylation is 1. The summed E-state index contributed by atoms with van der Waals surface area (Å²) in [5.74, 6) is -1.90. The van der Waals surface area contributed by atoms with Gasteiger partial charge in [0.1, 0.15) is 17.3 Å². The van der Waals surface area contributed by atoms with Crippen LogP contribution >= 0.6 is 0 Å². The monoisotopic (exact) mass is 662 g/mol. The number of primary amides is 1. The number of carbonyl (C=O) groups is 3. The minimum Gasteiger partial charge on any atom is -0.480 e. The number of aliphatic carboxylic acids is 1. The molecule has 0 spiro atoms. The third-order valence-electron chi connectivity index (χ3n) is 9.14. The number of alkyl carbamates (subject to hydrolysis) is 1. The van der Waals surface area contributed by atoms with Crippen LogP contribution in [0, 0.1) is 5.92 Å². The molecule has 2 aromatic carbocycles. The van der Waals surface area contributed by atoms with Crippen LogP contribution in [0.4, 0.5) is 10.5 Å². The summed E-state index contributed by atoms with van der Waals surface area (Å²) in [6.45, 7) is 7.31. The van der Waals surface area contributed by atoms with Gasteiger partial charge in [0, 0.05) is 52.3 Å². The van der Waals surface area contributed by atoms with Crippen molar-refractivity contribution in [2.45, 2.75) is 77.5 Å². The molecule has 3 heterocycles. The molecule has 11 heteroatoms. The second-order valence-electron chi connectivity index (χ2n) is 13.7. The van der Waals surface area contributed by atoms with E-state index in [0.717, 1.165) is 50.7 Å². The van der Waals surface area contributed by atoms with E-state index in [4.69, 9.17) is 20.4 Å². The maximum atomic E-state index is 12.5. The molecule has 6 rings (SSSR count). The standard InChI is InChI=1S/C38H42N6O5/c1-5-22-21-44(35-32(22)28(16-17-40-35)25-18-24-8-6-7-9-30(24)41-20-25)27-14-15-29(34(39)45)31(19-27)42-26-12-10-23(11-13-26)33(36(46)47)43-37(48)49-38(2,3)4/h6-9,14-21,23,26,33,42H,5,10-13H2,1-4H3,(H2,39,45)(H,43,48)(H,46,47). The lowest BCUT2D eigenvalue weighted by molar-refractivity contribution is -0.141. The molecule has 5 N–H and O–H groups in total. The van der Waals surface area contributed by atoms with E-state index in [0.29, 0.717) is 36.9 Å². The fraction of sp³-hybridized carbons (Fsp3) is 0.342. The van der Waals surface area contributed by atoms with Crippen molar-refractivity contribution in [3.8, 4) is 16.8 Å². The van der Waals surface area contributed by atoms with E-state index in [1.165, 1.54) is 0 Å². The number of ether oxygens (including phenoxy) is 1. The summed E-state index contributed by atoms with van der Waals surface area (Å²) in [5, 5.41) is 18.1. The number of amides is 2. The number of para-hydroxylation sites is 1. The minimum atomic E-state index is -1.09. The lowest BCUT2D eigenvalue weighted by atomic mass is 9.81.